The number of carbonyl (C=O) groups is 1. The van der Waals surface area contributed by atoms with E-state index in [4.69, 9.17) is 0 Å². The van der Waals surface area contributed by atoms with E-state index in [2.05, 4.69) is 46.8 Å². The second-order valence-corrected chi connectivity index (χ2v) is 11.4. The third-order valence-electron chi connectivity index (χ3n) is 7.32. The average molecular weight is 426 g/mol. The summed E-state index contributed by atoms with van der Waals surface area (Å²) in [6, 6.07) is 8.30. The van der Waals surface area contributed by atoms with Crippen LogP contribution in [0.15, 0.2) is 29.4 Å². The zero-order valence-electron chi connectivity index (χ0n) is 18.0. The summed E-state index contributed by atoms with van der Waals surface area (Å²) in [5, 5.41) is 16.1. The summed E-state index contributed by atoms with van der Waals surface area (Å²) in [6.45, 7) is 6.32. The molecule has 1 N–H and O–H groups in total. The molecule has 0 aliphatic heterocycles. The van der Waals surface area contributed by atoms with Gasteiger partial charge >= 0.3 is 0 Å². The quantitative estimate of drug-likeness (QED) is 0.697. The molecule has 4 fully saturated rings. The van der Waals surface area contributed by atoms with Crippen LogP contribution in [0.1, 0.15) is 70.8 Å². The second-order valence-electron chi connectivity index (χ2n) is 10.1. The van der Waals surface area contributed by atoms with Crippen LogP contribution >= 0.6 is 11.8 Å². The molecule has 30 heavy (non-hydrogen) atoms. The number of hydrogen-bond acceptors (Lipinski definition) is 5. The van der Waals surface area contributed by atoms with E-state index in [1.807, 2.05) is 19.1 Å². The van der Waals surface area contributed by atoms with Gasteiger partial charge in [0.1, 0.15) is 0 Å². The van der Waals surface area contributed by atoms with Crippen LogP contribution in [0.5, 0.6) is 0 Å². The first-order chi connectivity index (χ1) is 14.4. The Bertz CT molecular complexity index is 887. The first-order valence-corrected chi connectivity index (χ1v) is 12.2. The number of aromatic nitrogens is 4. The molecule has 1 amide bonds. The van der Waals surface area contributed by atoms with Crippen LogP contribution in [0.25, 0.3) is 5.69 Å². The number of thioether (sulfide) groups is 1. The molecular formula is C23H31N5OS. The highest BCUT2D eigenvalue weighted by atomic mass is 32.2. The van der Waals surface area contributed by atoms with Crippen molar-refractivity contribution in [1.29, 1.82) is 0 Å². The summed E-state index contributed by atoms with van der Waals surface area (Å²) < 4.78 is 1.73. The van der Waals surface area contributed by atoms with Crippen LogP contribution in [0, 0.1) is 17.8 Å². The van der Waals surface area contributed by atoms with Gasteiger partial charge in [-0.05, 0) is 97.2 Å². The third-order valence-corrected chi connectivity index (χ3v) is 8.36. The van der Waals surface area contributed by atoms with Gasteiger partial charge in [-0.25, -0.2) is 0 Å². The molecule has 6 nitrogen and oxygen atoms in total. The molecule has 0 unspecified atom stereocenters. The van der Waals surface area contributed by atoms with E-state index < -0.39 is 0 Å². The molecule has 1 atom stereocenters. The molecule has 1 heterocycles. The highest BCUT2D eigenvalue weighted by Gasteiger charge is 2.51. The van der Waals surface area contributed by atoms with E-state index in [9.17, 15) is 4.79 Å². The number of nitrogens with zero attached hydrogens (tertiary/aromatic N) is 4. The largest absolute Gasteiger partial charge is 0.350 e. The van der Waals surface area contributed by atoms with Gasteiger partial charge in [0.05, 0.1) is 10.9 Å². The van der Waals surface area contributed by atoms with Crippen LogP contribution in [0.3, 0.4) is 0 Å². The number of carbonyl (C=O) groups excluding carboxylic acids is 1. The minimum absolute atomic E-state index is 0.0409. The van der Waals surface area contributed by atoms with Crippen molar-refractivity contribution in [2.24, 2.45) is 17.8 Å². The zero-order valence-corrected chi connectivity index (χ0v) is 18.9. The molecule has 4 saturated carbocycles. The van der Waals surface area contributed by atoms with Crippen LogP contribution in [-0.2, 0) is 4.79 Å². The fourth-order valence-corrected chi connectivity index (χ4v) is 7.06. The van der Waals surface area contributed by atoms with Crippen LogP contribution in [-0.4, -0.2) is 36.9 Å². The van der Waals surface area contributed by atoms with Gasteiger partial charge in [0.2, 0.25) is 11.1 Å². The lowest BCUT2D eigenvalue weighted by atomic mass is 9.53. The lowest BCUT2D eigenvalue weighted by Gasteiger charge is -2.57. The molecule has 1 aromatic carbocycles. The number of amides is 1. The highest BCUT2D eigenvalue weighted by Crippen LogP contribution is 2.55. The molecule has 4 bridgehead atoms. The number of benzene rings is 1. The molecule has 7 heteroatoms. The summed E-state index contributed by atoms with van der Waals surface area (Å²) in [6.07, 6.45) is 7.64. The minimum Gasteiger partial charge on any atom is -0.350 e. The molecule has 160 valence electrons. The topological polar surface area (TPSA) is 72.7 Å². The van der Waals surface area contributed by atoms with Gasteiger partial charge in [-0.2, -0.15) is 4.68 Å². The lowest BCUT2D eigenvalue weighted by Crippen LogP contribution is -2.60. The maximum Gasteiger partial charge on any atom is 0.233 e. The summed E-state index contributed by atoms with van der Waals surface area (Å²) in [4.78, 5) is 13.1. The Hall–Kier alpha value is -1.89. The number of nitrogens with one attached hydrogen (secondary N) is 1. The number of rotatable bonds is 6. The maximum absolute atomic E-state index is 13.1. The van der Waals surface area contributed by atoms with Crippen LogP contribution < -0.4 is 5.32 Å². The maximum atomic E-state index is 13.1. The van der Waals surface area contributed by atoms with Crippen molar-refractivity contribution >= 4 is 17.7 Å². The van der Waals surface area contributed by atoms with Gasteiger partial charge in [0.25, 0.3) is 0 Å². The second kappa shape index (κ2) is 7.66. The summed E-state index contributed by atoms with van der Waals surface area (Å²) in [5.41, 5.74) is 2.24. The Kier molecular flexibility index (Phi) is 5.12. The standard InChI is InChI=1S/C23H31N5OS/c1-14(2)19-4-6-20(7-5-19)28-22(25-26-27-28)30-15(3)21(29)24-23-11-16-8-17(12-23)10-18(9-16)13-23/h4-7,14-18H,8-13H2,1-3H3,(H,24,29)/t15-,16?,17?,18?,23?/m1/s1. The van der Waals surface area contributed by atoms with E-state index in [-0.39, 0.29) is 16.7 Å². The van der Waals surface area contributed by atoms with Gasteiger partial charge < -0.3 is 5.32 Å². The Morgan fingerprint density at radius 2 is 1.67 bits per heavy atom. The Morgan fingerprint density at radius 3 is 2.23 bits per heavy atom. The lowest BCUT2D eigenvalue weighted by molar-refractivity contribution is -0.126. The molecular weight excluding hydrogens is 394 g/mol. The van der Waals surface area contributed by atoms with Crippen molar-refractivity contribution in [3.63, 3.8) is 0 Å². The van der Waals surface area contributed by atoms with E-state index in [0.717, 1.165) is 23.4 Å². The van der Waals surface area contributed by atoms with Gasteiger partial charge in [0.15, 0.2) is 0 Å². The smallest absolute Gasteiger partial charge is 0.233 e. The predicted octanol–water partition coefficient (Wildman–Crippen LogP) is 4.35. The molecule has 6 rings (SSSR count). The highest BCUT2D eigenvalue weighted by molar-refractivity contribution is 8.00. The monoisotopic (exact) mass is 425 g/mol. The minimum atomic E-state index is -0.238. The summed E-state index contributed by atoms with van der Waals surface area (Å²) in [5.74, 6) is 3.06. The molecule has 2 aromatic rings. The van der Waals surface area contributed by atoms with Crippen molar-refractivity contribution < 1.29 is 4.79 Å². The fourth-order valence-electron chi connectivity index (χ4n) is 6.25. The number of tetrazole rings is 1. The van der Waals surface area contributed by atoms with E-state index in [0.29, 0.717) is 11.1 Å². The van der Waals surface area contributed by atoms with Crippen LogP contribution in [0.2, 0.25) is 0 Å². The fraction of sp³-hybridized carbons (Fsp3) is 0.652. The molecule has 0 spiro atoms. The van der Waals surface area contributed by atoms with Gasteiger partial charge in [0, 0.05) is 5.54 Å². The van der Waals surface area contributed by atoms with Crippen molar-refractivity contribution in [3.05, 3.63) is 29.8 Å². The Balaban J connectivity index is 1.26. The third kappa shape index (κ3) is 3.77. The first-order valence-electron chi connectivity index (χ1n) is 11.3. The zero-order chi connectivity index (χ0) is 20.9. The van der Waals surface area contributed by atoms with Crippen molar-refractivity contribution in [3.8, 4) is 5.69 Å². The Morgan fingerprint density at radius 1 is 1.07 bits per heavy atom. The molecule has 4 aliphatic carbocycles. The molecule has 1 aromatic heterocycles. The number of hydrogen-bond donors (Lipinski definition) is 1. The average Bonchev–Trinajstić information content (AvgIpc) is 3.14. The first kappa shape index (κ1) is 20.0. The van der Waals surface area contributed by atoms with Crippen molar-refractivity contribution in [1.82, 2.24) is 25.5 Å². The normalized spacial score (nSPS) is 30.6. The van der Waals surface area contributed by atoms with Crippen molar-refractivity contribution in [2.75, 3.05) is 0 Å². The Labute approximate surface area is 182 Å². The molecule has 4 aliphatic rings. The van der Waals surface area contributed by atoms with Gasteiger partial charge in [-0.15, -0.1) is 5.10 Å². The van der Waals surface area contributed by atoms with Crippen LogP contribution in [0.4, 0.5) is 0 Å². The van der Waals surface area contributed by atoms with E-state index in [1.165, 1.54) is 55.9 Å². The summed E-state index contributed by atoms with van der Waals surface area (Å²) in [7, 11) is 0. The van der Waals surface area contributed by atoms with E-state index in [1.54, 1.807) is 4.68 Å². The summed E-state index contributed by atoms with van der Waals surface area (Å²) >= 11 is 1.43. The van der Waals surface area contributed by atoms with Crippen molar-refractivity contribution in [2.45, 2.75) is 81.2 Å². The predicted molar refractivity (Wildman–Crippen MR) is 118 cm³/mol. The van der Waals surface area contributed by atoms with E-state index >= 15 is 0 Å². The SMILES string of the molecule is CC(C)c1ccc(-n2nnnc2S[C@H](C)C(=O)NC23CC4CC(CC(C4)C2)C3)cc1. The van der Waals surface area contributed by atoms with Gasteiger partial charge in [-0.3, -0.25) is 4.79 Å². The molecule has 0 saturated heterocycles. The molecule has 0 radical (unpaired) electrons. The van der Waals surface area contributed by atoms with Gasteiger partial charge in [-0.1, -0.05) is 37.7 Å².